The number of aliphatic hydroxyl groups is 2. The first-order chi connectivity index (χ1) is 7.13. The van der Waals surface area contributed by atoms with E-state index in [9.17, 15) is 0 Å². The van der Waals surface area contributed by atoms with Gasteiger partial charge in [0.25, 0.3) is 0 Å². The molecular formula is C12H22O3. The van der Waals surface area contributed by atoms with Crippen molar-refractivity contribution in [3.63, 3.8) is 0 Å². The van der Waals surface area contributed by atoms with Gasteiger partial charge in [-0.2, -0.15) is 0 Å². The van der Waals surface area contributed by atoms with Gasteiger partial charge in [-0.3, -0.25) is 0 Å². The van der Waals surface area contributed by atoms with Gasteiger partial charge >= 0.3 is 0 Å². The van der Waals surface area contributed by atoms with Crippen LogP contribution in [0.25, 0.3) is 0 Å². The monoisotopic (exact) mass is 214 g/mol. The molecule has 88 valence electrons. The van der Waals surface area contributed by atoms with E-state index in [-0.39, 0.29) is 13.2 Å². The van der Waals surface area contributed by atoms with Crippen LogP contribution in [0.4, 0.5) is 0 Å². The molecule has 3 heteroatoms. The Kier molecular flexibility index (Phi) is 14.4. The van der Waals surface area contributed by atoms with Gasteiger partial charge in [0.2, 0.25) is 0 Å². The molecule has 0 amide bonds. The van der Waals surface area contributed by atoms with Crippen LogP contribution in [-0.2, 0) is 4.74 Å². The maximum absolute atomic E-state index is 7.62. The fourth-order valence-corrected chi connectivity index (χ4v) is 0.663. The first-order valence-corrected chi connectivity index (χ1v) is 4.78. The highest BCUT2D eigenvalue weighted by Gasteiger charge is 1.83. The van der Waals surface area contributed by atoms with Crippen molar-refractivity contribution in [3.05, 3.63) is 35.4 Å². The number of hydrogen-bond donors (Lipinski definition) is 2. The Morgan fingerprint density at radius 1 is 0.933 bits per heavy atom. The SMILES string of the molecule is COC.Cc1ccccc1C.OCCO. The van der Waals surface area contributed by atoms with Crippen molar-refractivity contribution in [2.75, 3.05) is 27.4 Å². The van der Waals surface area contributed by atoms with E-state index < -0.39 is 0 Å². The summed E-state index contributed by atoms with van der Waals surface area (Å²) in [5, 5.41) is 15.2. The fourth-order valence-electron chi connectivity index (χ4n) is 0.663. The van der Waals surface area contributed by atoms with Crippen molar-refractivity contribution in [1.82, 2.24) is 0 Å². The molecule has 1 aromatic rings. The Morgan fingerprint density at radius 3 is 1.33 bits per heavy atom. The average molecular weight is 214 g/mol. The van der Waals surface area contributed by atoms with Gasteiger partial charge in [-0.15, -0.1) is 0 Å². The van der Waals surface area contributed by atoms with Crippen molar-refractivity contribution in [1.29, 1.82) is 0 Å². The lowest BCUT2D eigenvalue weighted by Crippen LogP contribution is -1.85. The third kappa shape index (κ3) is 13.1. The molecule has 0 spiro atoms. The van der Waals surface area contributed by atoms with E-state index in [0.717, 1.165) is 0 Å². The van der Waals surface area contributed by atoms with Crippen LogP contribution in [0.2, 0.25) is 0 Å². The number of benzene rings is 1. The lowest BCUT2D eigenvalue weighted by molar-refractivity contribution is 0.186. The van der Waals surface area contributed by atoms with E-state index in [1.54, 1.807) is 14.2 Å². The summed E-state index contributed by atoms with van der Waals surface area (Å²) in [4.78, 5) is 0. The third-order valence-electron chi connectivity index (χ3n) is 1.53. The summed E-state index contributed by atoms with van der Waals surface area (Å²) in [6, 6.07) is 8.36. The van der Waals surface area contributed by atoms with Crippen molar-refractivity contribution >= 4 is 0 Å². The number of methoxy groups -OCH3 is 1. The zero-order chi connectivity index (χ0) is 12.1. The minimum absolute atomic E-state index is 0.125. The molecule has 2 N–H and O–H groups in total. The van der Waals surface area contributed by atoms with Crippen LogP contribution in [0.15, 0.2) is 24.3 Å². The van der Waals surface area contributed by atoms with E-state index in [4.69, 9.17) is 10.2 Å². The highest BCUT2D eigenvalue weighted by Crippen LogP contribution is 2.02. The Labute approximate surface area is 92.3 Å². The van der Waals surface area contributed by atoms with Gasteiger partial charge in [0.1, 0.15) is 0 Å². The molecule has 0 fully saturated rings. The number of ether oxygens (including phenoxy) is 1. The quantitative estimate of drug-likeness (QED) is 0.745. The predicted octanol–water partition coefficient (Wildman–Crippen LogP) is 1.54. The van der Waals surface area contributed by atoms with E-state index in [1.165, 1.54) is 11.1 Å². The van der Waals surface area contributed by atoms with Gasteiger partial charge in [0, 0.05) is 14.2 Å². The number of aryl methyl sites for hydroxylation is 2. The maximum atomic E-state index is 7.62. The lowest BCUT2D eigenvalue weighted by Gasteiger charge is -1.93. The molecule has 0 radical (unpaired) electrons. The minimum atomic E-state index is -0.125. The van der Waals surface area contributed by atoms with Crippen LogP contribution in [-0.4, -0.2) is 37.6 Å². The topological polar surface area (TPSA) is 49.7 Å². The Hall–Kier alpha value is -0.900. The fraction of sp³-hybridized carbons (Fsp3) is 0.500. The van der Waals surface area contributed by atoms with Crippen molar-refractivity contribution in [2.45, 2.75) is 13.8 Å². The molecule has 15 heavy (non-hydrogen) atoms. The third-order valence-corrected chi connectivity index (χ3v) is 1.53. The second-order valence-electron chi connectivity index (χ2n) is 2.94. The molecule has 0 unspecified atom stereocenters. The highest BCUT2D eigenvalue weighted by atomic mass is 16.4. The predicted molar refractivity (Wildman–Crippen MR) is 63.0 cm³/mol. The van der Waals surface area contributed by atoms with Crippen molar-refractivity contribution in [2.24, 2.45) is 0 Å². The molecule has 0 aliphatic heterocycles. The van der Waals surface area contributed by atoms with Gasteiger partial charge in [-0.1, -0.05) is 24.3 Å². The Morgan fingerprint density at radius 2 is 1.20 bits per heavy atom. The second kappa shape index (κ2) is 13.1. The maximum Gasteiger partial charge on any atom is 0.0662 e. The standard InChI is InChI=1S/C8H10.C2H6O2.C2H6O/c1-7-5-3-4-6-8(7)2;3-1-2-4;1-3-2/h3-6H,1-2H3;3-4H,1-2H2;1-2H3. The zero-order valence-corrected chi connectivity index (χ0v) is 10.0. The van der Waals surface area contributed by atoms with E-state index >= 15 is 0 Å². The number of hydrogen-bond acceptors (Lipinski definition) is 3. The lowest BCUT2D eigenvalue weighted by atomic mass is 10.1. The molecule has 0 atom stereocenters. The molecule has 3 nitrogen and oxygen atoms in total. The largest absolute Gasteiger partial charge is 0.394 e. The van der Waals surface area contributed by atoms with Gasteiger partial charge in [0.15, 0.2) is 0 Å². The summed E-state index contributed by atoms with van der Waals surface area (Å²) in [5.41, 5.74) is 2.74. The van der Waals surface area contributed by atoms with E-state index in [1.807, 2.05) is 0 Å². The van der Waals surface area contributed by atoms with Crippen molar-refractivity contribution < 1.29 is 14.9 Å². The van der Waals surface area contributed by atoms with E-state index in [2.05, 4.69) is 42.8 Å². The van der Waals surface area contributed by atoms with Crippen LogP contribution in [0.3, 0.4) is 0 Å². The average Bonchev–Trinajstić information content (AvgIpc) is 2.24. The summed E-state index contributed by atoms with van der Waals surface area (Å²) in [7, 11) is 3.25. The molecule has 0 aliphatic carbocycles. The summed E-state index contributed by atoms with van der Waals surface area (Å²) < 4.78 is 4.25. The van der Waals surface area contributed by atoms with Crippen LogP contribution in [0.1, 0.15) is 11.1 Å². The van der Waals surface area contributed by atoms with Crippen molar-refractivity contribution in [3.8, 4) is 0 Å². The summed E-state index contributed by atoms with van der Waals surface area (Å²) in [6.45, 7) is 3.99. The first kappa shape index (κ1) is 16.5. The second-order valence-corrected chi connectivity index (χ2v) is 2.94. The summed E-state index contributed by atoms with van der Waals surface area (Å²) in [6.07, 6.45) is 0. The van der Waals surface area contributed by atoms with Gasteiger partial charge in [0.05, 0.1) is 13.2 Å². The van der Waals surface area contributed by atoms with Gasteiger partial charge < -0.3 is 14.9 Å². The zero-order valence-electron chi connectivity index (χ0n) is 10.0. The minimum Gasteiger partial charge on any atom is -0.394 e. The van der Waals surface area contributed by atoms with E-state index in [0.29, 0.717) is 0 Å². The van der Waals surface area contributed by atoms with Gasteiger partial charge in [-0.05, 0) is 25.0 Å². The van der Waals surface area contributed by atoms with Gasteiger partial charge in [-0.25, -0.2) is 0 Å². The van der Waals surface area contributed by atoms with Crippen LogP contribution >= 0.6 is 0 Å². The summed E-state index contributed by atoms with van der Waals surface area (Å²) >= 11 is 0. The normalized spacial score (nSPS) is 8.13. The molecule has 0 bridgehead atoms. The highest BCUT2D eigenvalue weighted by molar-refractivity contribution is 5.23. The molecule has 0 aromatic heterocycles. The van der Waals surface area contributed by atoms with Crippen LogP contribution in [0.5, 0.6) is 0 Å². The molecule has 1 aromatic carbocycles. The molecule has 0 heterocycles. The molecule has 0 saturated carbocycles. The van der Waals surface area contributed by atoms with Crippen LogP contribution in [0, 0.1) is 13.8 Å². The molecule has 0 aliphatic rings. The number of aliphatic hydroxyl groups excluding tert-OH is 2. The summed E-state index contributed by atoms with van der Waals surface area (Å²) in [5.74, 6) is 0. The molecule has 0 saturated heterocycles. The number of rotatable bonds is 1. The Balaban J connectivity index is 0. The molecular weight excluding hydrogens is 192 g/mol. The first-order valence-electron chi connectivity index (χ1n) is 4.78. The smallest absolute Gasteiger partial charge is 0.0662 e. The molecule has 1 rings (SSSR count). The van der Waals surface area contributed by atoms with Crippen LogP contribution < -0.4 is 0 Å². The Bertz CT molecular complexity index is 201.